The summed E-state index contributed by atoms with van der Waals surface area (Å²) >= 11 is 11.7. The second-order valence-electron chi connectivity index (χ2n) is 2.91. The van der Waals surface area contributed by atoms with Gasteiger partial charge < -0.3 is 0 Å². The van der Waals surface area contributed by atoms with Gasteiger partial charge in [0.25, 0.3) is 0 Å². The van der Waals surface area contributed by atoms with Gasteiger partial charge >= 0.3 is 0 Å². The number of hydrogen-bond donors (Lipinski definition) is 0. The Kier molecular flexibility index (Phi) is 2.48. The SMILES string of the molecule is Cn1n[c]cc1-c1ccc(Cl)c(Cl)c1. The van der Waals surface area contributed by atoms with E-state index in [-0.39, 0.29) is 0 Å². The maximum absolute atomic E-state index is 5.91. The minimum Gasteiger partial charge on any atom is -0.267 e. The van der Waals surface area contributed by atoms with E-state index in [1.165, 1.54) is 0 Å². The summed E-state index contributed by atoms with van der Waals surface area (Å²) in [5, 5.41) is 5.06. The molecule has 0 saturated carbocycles. The highest BCUT2D eigenvalue weighted by Crippen LogP contribution is 2.27. The molecule has 1 aromatic heterocycles. The van der Waals surface area contributed by atoms with Gasteiger partial charge in [0, 0.05) is 12.6 Å². The number of nitrogens with zero attached hydrogens (tertiary/aromatic N) is 2. The van der Waals surface area contributed by atoms with Gasteiger partial charge in [-0.15, -0.1) is 0 Å². The summed E-state index contributed by atoms with van der Waals surface area (Å²) in [5.41, 5.74) is 1.94. The topological polar surface area (TPSA) is 17.8 Å². The summed E-state index contributed by atoms with van der Waals surface area (Å²) in [4.78, 5) is 0. The van der Waals surface area contributed by atoms with Crippen molar-refractivity contribution in [2.75, 3.05) is 0 Å². The van der Waals surface area contributed by atoms with Crippen molar-refractivity contribution in [3.05, 3.63) is 40.5 Å². The molecule has 0 saturated heterocycles. The van der Waals surface area contributed by atoms with Crippen molar-refractivity contribution >= 4 is 23.2 Å². The normalized spacial score (nSPS) is 10.5. The zero-order chi connectivity index (χ0) is 10.1. The highest BCUT2D eigenvalue weighted by Gasteiger charge is 2.04. The van der Waals surface area contributed by atoms with Crippen molar-refractivity contribution < 1.29 is 0 Å². The Hall–Kier alpha value is -0.990. The standard InChI is InChI=1S/C10H7Cl2N2/c1-14-10(4-5-13-14)7-2-3-8(11)9(12)6-7/h2-4,6H,1H3. The molecule has 0 N–H and O–H groups in total. The average molecular weight is 226 g/mol. The largest absolute Gasteiger partial charge is 0.267 e. The van der Waals surface area contributed by atoms with Crippen LogP contribution in [0.3, 0.4) is 0 Å². The number of aryl methyl sites for hydroxylation is 1. The third-order valence-electron chi connectivity index (χ3n) is 1.97. The lowest BCUT2D eigenvalue weighted by molar-refractivity contribution is 0.773. The van der Waals surface area contributed by atoms with E-state index in [2.05, 4.69) is 11.3 Å². The minimum atomic E-state index is 0.547. The molecule has 1 heterocycles. The Morgan fingerprint density at radius 2 is 2.07 bits per heavy atom. The quantitative estimate of drug-likeness (QED) is 0.730. The zero-order valence-corrected chi connectivity index (χ0v) is 8.97. The molecule has 2 rings (SSSR count). The molecule has 1 aromatic carbocycles. The number of rotatable bonds is 1. The van der Waals surface area contributed by atoms with Gasteiger partial charge in [0.1, 0.15) is 6.20 Å². The van der Waals surface area contributed by atoms with E-state index in [0.717, 1.165) is 11.3 Å². The van der Waals surface area contributed by atoms with E-state index in [1.54, 1.807) is 16.8 Å². The van der Waals surface area contributed by atoms with E-state index in [0.29, 0.717) is 10.0 Å². The van der Waals surface area contributed by atoms with Crippen molar-refractivity contribution in [3.8, 4) is 11.3 Å². The molecule has 2 nitrogen and oxygen atoms in total. The molecule has 0 atom stereocenters. The Bertz CT molecular complexity index is 463. The van der Waals surface area contributed by atoms with E-state index >= 15 is 0 Å². The van der Waals surface area contributed by atoms with Crippen molar-refractivity contribution in [2.24, 2.45) is 7.05 Å². The molecule has 0 unspecified atom stereocenters. The molecular weight excluding hydrogens is 219 g/mol. The fraction of sp³-hybridized carbons (Fsp3) is 0.100. The molecule has 0 aliphatic rings. The highest BCUT2D eigenvalue weighted by atomic mass is 35.5. The third kappa shape index (κ3) is 1.63. The van der Waals surface area contributed by atoms with Crippen LogP contribution in [0.5, 0.6) is 0 Å². The monoisotopic (exact) mass is 225 g/mol. The van der Waals surface area contributed by atoms with Crippen LogP contribution in [0, 0.1) is 6.20 Å². The Morgan fingerprint density at radius 1 is 1.29 bits per heavy atom. The van der Waals surface area contributed by atoms with Crippen LogP contribution in [-0.2, 0) is 7.05 Å². The predicted octanol–water partition coefficient (Wildman–Crippen LogP) is 3.19. The van der Waals surface area contributed by atoms with Crippen molar-refractivity contribution in [3.63, 3.8) is 0 Å². The number of halogens is 2. The fourth-order valence-corrected chi connectivity index (χ4v) is 1.55. The zero-order valence-electron chi connectivity index (χ0n) is 7.46. The molecule has 1 radical (unpaired) electrons. The van der Waals surface area contributed by atoms with Gasteiger partial charge in [-0.05, 0) is 18.2 Å². The van der Waals surface area contributed by atoms with E-state index in [4.69, 9.17) is 23.2 Å². The van der Waals surface area contributed by atoms with E-state index in [9.17, 15) is 0 Å². The van der Waals surface area contributed by atoms with Gasteiger partial charge in [0.15, 0.2) is 0 Å². The van der Waals surface area contributed by atoms with Crippen LogP contribution in [0.4, 0.5) is 0 Å². The van der Waals surface area contributed by atoms with Crippen LogP contribution in [0.25, 0.3) is 11.3 Å². The maximum Gasteiger partial charge on any atom is 0.113 e. The molecule has 2 aromatic rings. The lowest BCUT2D eigenvalue weighted by Crippen LogP contribution is -1.92. The summed E-state index contributed by atoms with van der Waals surface area (Å²) in [5.74, 6) is 0. The van der Waals surface area contributed by atoms with Crippen LogP contribution in [-0.4, -0.2) is 9.78 Å². The second-order valence-corrected chi connectivity index (χ2v) is 3.73. The van der Waals surface area contributed by atoms with Gasteiger partial charge in [-0.3, -0.25) is 4.68 Å². The van der Waals surface area contributed by atoms with Crippen molar-refractivity contribution in [2.45, 2.75) is 0 Å². The molecule has 14 heavy (non-hydrogen) atoms. The molecule has 0 spiro atoms. The maximum atomic E-state index is 5.91. The summed E-state index contributed by atoms with van der Waals surface area (Å²) in [7, 11) is 1.86. The minimum absolute atomic E-state index is 0.547. The lowest BCUT2D eigenvalue weighted by atomic mass is 10.1. The van der Waals surface area contributed by atoms with E-state index in [1.807, 2.05) is 19.2 Å². The molecule has 0 aliphatic heterocycles. The van der Waals surface area contributed by atoms with Crippen LogP contribution in [0.1, 0.15) is 0 Å². The molecule has 71 valence electrons. The number of benzene rings is 1. The molecule has 0 fully saturated rings. The van der Waals surface area contributed by atoms with E-state index < -0.39 is 0 Å². The predicted molar refractivity (Wildman–Crippen MR) is 57.5 cm³/mol. The molecule has 0 aliphatic carbocycles. The van der Waals surface area contributed by atoms with Gasteiger partial charge in [-0.2, -0.15) is 5.10 Å². The molecule has 0 bridgehead atoms. The van der Waals surface area contributed by atoms with Crippen LogP contribution in [0.15, 0.2) is 24.3 Å². The van der Waals surface area contributed by atoms with Crippen LogP contribution < -0.4 is 0 Å². The first-order valence-corrected chi connectivity index (χ1v) is 4.79. The first kappa shape index (κ1) is 9.56. The van der Waals surface area contributed by atoms with Gasteiger partial charge in [-0.25, -0.2) is 0 Å². The third-order valence-corrected chi connectivity index (χ3v) is 2.71. The Morgan fingerprint density at radius 3 is 2.64 bits per heavy atom. The van der Waals surface area contributed by atoms with Gasteiger partial charge in [0.05, 0.1) is 15.7 Å². The summed E-state index contributed by atoms with van der Waals surface area (Å²) < 4.78 is 1.74. The Labute approximate surface area is 92.1 Å². The van der Waals surface area contributed by atoms with Crippen LogP contribution >= 0.6 is 23.2 Å². The average Bonchev–Trinajstić information content (AvgIpc) is 2.57. The van der Waals surface area contributed by atoms with Gasteiger partial charge in [0.2, 0.25) is 0 Å². The summed E-state index contributed by atoms with van der Waals surface area (Å²) in [6.45, 7) is 0. The first-order chi connectivity index (χ1) is 6.68. The fourth-order valence-electron chi connectivity index (χ4n) is 1.25. The summed E-state index contributed by atoms with van der Waals surface area (Å²) in [6, 6.07) is 7.29. The lowest BCUT2D eigenvalue weighted by Gasteiger charge is -2.03. The smallest absolute Gasteiger partial charge is 0.113 e. The number of aromatic nitrogens is 2. The molecular formula is C10H7Cl2N2. The Balaban J connectivity index is 2.53. The molecule has 0 amide bonds. The second kappa shape index (κ2) is 3.64. The first-order valence-electron chi connectivity index (χ1n) is 4.04. The summed E-state index contributed by atoms with van der Waals surface area (Å²) in [6.07, 6.45) is 2.77. The molecule has 4 heteroatoms. The number of hydrogen-bond acceptors (Lipinski definition) is 1. The van der Waals surface area contributed by atoms with Crippen LogP contribution in [0.2, 0.25) is 10.0 Å². The highest BCUT2D eigenvalue weighted by molar-refractivity contribution is 6.42. The van der Waals surface area contributed by atoms with Crippen molar-refractivity contribution in [1.29, 1.82) is 0 Å². The van der Waals surface area contributed by atoms with Crippen molar-refractivity contribution in [1.82, 2.24) is 9.78 Å². The van der Waals surface area contributed by atoms with Gasteiger partial charge in [-0.1, -0.05) is 29.3 Å².